The van der Waals surface area contributed by atoms with Gasteiger partial charge in [-0.25, -0.2) is 0 Å². The number of alkyl halides is 1. The maximum absolute atomic E-state index is 5.09. The van der Waals surface area contributed by atoms with E-state index in [1.54, 1.807) is 7.11 Å². The van der Waals surface area contributed by atoms with Gasteiger partial charge in [0.15, 0.2) is 0 Å². The average Bonchev–Trinajstić information content (AvgIpc) is 2.26. The van der Waals surface area contributed by atoms with Crippen LogP contribution in [0.5, 0.6) is 0 Å². The van der Waals surface area contributed by atoms with Crippen LogP contribution in [0.15, 0.2) is 36.4 Å². The normalized spacial score (nSPS) is 13.2. The Morgan fingerprint density at radius 3 is 2.73 bits per heavy atom. The van der Waals surface area contributed by atoms with Gasteiger partial charge in [-0.3, -0.25) is 0 Å². The zero-order valence-corrected chi connectivity index (χ0v) is 11.2. The fraction of sp³-hybridized carbons (Fsp3) is 0.385. The Kier molecular flexibility index (Phi) is 6.68. The maximum atomic E-state index is 5.09. The van der Waals surface area contributed by atoms with Crippen molar-refractivity contribution >= 4 is 28.7 Å². The van der Waals surface area contributed by atoms with Crippen LogP contribution in [0.4, 0.5) is 0 Å². The van der Waals surface area contributed by atoms with E-state index in [4.69, 9.17) is 4.74 Å². The molecule has 2 heteroatoms. The maximum Gasteiger partial charge on any atom is 0.0580 e. The predicted octanol–water partition coefficient (Wildman–Crippen LogP) is 3.93. The first-order valence-electron chi connectivity index (χ1n) is 5.17. The van der Waals surface area contributed by atoms with E-state index in [0.717, 1.165) is 13.0 Å². The molecule has 0 heterocycles. The van der Waals surface area contributed by atoms with Crippen LogP contribution >= 0.6 is 22.6 Å². The van der Waals surface area contributed by atoms with Gasteiger partial charge in [-0.1, -0.05) is 65.1 Å². The summed E-state index contributed by atoms with van der Waals surface area (Å²) in [5.74, 6) is 0. The van der Waals surface area contributed by atoms with E-state index in [-0.39, 0.29) is 0 Å². The molecule has 1 nitrogen and oxygen atoms in total. The number of methoxy groups -OCH3 is 1. The molecule has 0 N–H and O–H groups in total. The highest BCUT2D eigenvalue weighted by molar-refractivity contribution is 14.1. The smallest absolute Gasteiger partial charge is 0.0580 e. The van der Waals surface area contributed by atoms with Gasteiger partial charge in [-0.15, -0.1) is 0 Å². The van der Waals surface area contributed by atoms with Crippen LogP contribution in [0.3, 0.4) is 0 Å². The van der Waals surface area contributed by atoms with Gasteiger partial charge in [-0.05, 0) is 18.4 Å². The zero-order chi connectivity index (χ0) is 10.9. The number of allylic oxidation sites excluding steroid dienone is 1. The summed E-state index contributed by atoms with van der Waals surface area (Å²) in [6, 6.07) is 10.4. The Hall–Kier alpha value is -0.350. The molecule has 0 aliphatic rings. The molecule has 1 aromatic rings. The quantitative estimate of drug-likeness (QED) is 0.571. The van der Waals surface area contributed by atoms with Crippen molar-refractivity contribution in [2.75, 3.05) is 13.7 Å². The number of hydrogen-bond acceptors (Lipinski definition) is 1. The molecule has 1 aromatic carbocycles. The van der Waals surface area contributed by atoms with Crippen LogP contribution < -0.4 is 0 Å². The van der Waals surface area contributed by atoms with E-state index >= 15 is 0 Å². The third-order valence-corrected chi connectivity index (χ3v) is 3.09. The van der Waals surface area contributed by atoms with E-state index in [9.17, 15) is 0 Å². The first-order valence-corrected chi connectivity index (χ1v) is 6.42. The van der Waals surface area contributed by atoms with Crippen LogP contribution in [0.1, 0.15) is 18.4 Å². The molecule has 82 valence electrons. The molecule has 0 spiro atoms. The summed E-state index contributed by atoms with van der Waals surface area (Å²) in [6.07, 6.45) is 6.70. The zero-order valence-electron chi connectivity index (χ0n) is 9.03. The van der Waals surface area contributed by atoms with Gasteiger partial charge in [0, 0.05) is 11.0 Å². The second-order valence-corrected chi connectivity index (χ2v) is 5.20. The lowest BCUT2D eigenvalue weighted by Crippen LogP contribution is -2.05. The summed E-state index contributed by atoms with van der Waals surface area (Å²) in [7, 11) is 1.76. The summed E-state index contributed by atoms with van der Waals surface area (Å²) in [5.41, 5.74) is 1.27. The van der Waals surface area contributed by atoms with Crippen LogP contribution in [0.25, 0.3) is 6.08 Å². The molecule has 15 heavy (non-hydrogen) atoms. The Morgan fingerprint density at radius 2 is 2.07 bits per heavy atom. The highest BCUT2D eigenvalue weighted by Crippen LogP contribution is 2.10. The van der Waals surface area contributed by atoms with Crippen LogP contribution in [0.2, 0.25) is 0 Å². The Labute approximate surface area is 106 Å². The number of ether oxygens (including phenoxy) is 1. The molecule has 1 atom stereocenters. The lowest BCUT2D eigenvalue weighted by molar-refractivity contribution is 0.201. The number of rotatable bonds is 6. The SMILES string of the molecule is COCC(I)CCC=Cc1ccccc1. The van der Waals surface area contributed by atoms with Gasteiger partial charge in [0.1, 0.15) is 0 Å². The fourth-order valence-corrected chi connectivity index (χ4v) is 2.04. The fourth-order valence-electron chi connectivity index (χ4n) is 1.32. The minimum atomic E-state index is 0.619. The van der Waals surface area contributed by atoms with Gasteiger partial charge in [0.05, 0.1) is 6.61 Å². The van der Waals surface area contributed by atoms with E-state index in [0.29, 0.717) is 3.92 Å². The first kappa shape index (κ1) is 12.7. The summed E-state index contributed by atoms with van der Waals surface area (Å²) >= 11 is 2.44. The molecule has 0 saturated heterocycles. The number of halogens is 1. The minimum absolute atomic E-state index is 0.619. The highest BCUT2D eigenvalue weighted by Gasteiger charge is 2.00. The molecule has 0 aliphatic carbocycles. The summed E-state index contributed by atoms with van der Waals surface area (Å²) < 4.78 is 5.71. The molecule has 0 bridgehead atoms. The lowest BCUT2D eigenvalue weighted by atomic mass is 10.2. The van der Waals surface area contributed by atoms with E-state index < -0.39 is 0 Å². The highest BCUT2D eigenvalue weighted by atomic mass is 127. The van der Waals surface area contributed by atoms with Gasteiger partial charge in [-0.2, -0.15) is 0 Å². The van der Waals surface area contributed by atoms with E-state index in [1.807, 2.05) is 6.07 Å². The van der Waals surface area contributed by atoms with Crippen molar-refractivity contribution in [1.29, 1.82) is 0 Å². The average molecular weight is 316 g/mol. The van der Waals surface area contributed by atoms with Gasteiger partial charge < -0.3 is 4.74 Å². The topological polar surface area (TPSA) is 9.23 Å². The molecule has 0 saturated carbocycles. The molecule has 0 fully saturated rings. The molecule has 0 aromatic heterocycles. The summed E-state index contributed by atoms with van der Waals surface area (Å²) in [6.45, 7) is 0.847. The van der Waals surface area contributed by atoms with Crippen LogP contribution in [-0.4, -0.2) is 17.6 Å². The monoisotopic (exact) mass is 316 g/mol. The summed E-state index contributed by atoms with van der Waals surface area (Å²) in [5, 5.41) is 0. The standard InChI is InChI=1S/C13H17IO/c1-15-11-13(14)10-6-5-9-12-7-3-2-4-8-12/h2-5,7-9,13H,6,10-11H2,1H3. The third kappa shape index (κ3) is 5.95. The van der Waals surface area contributed by atoms with Crippen molar-refractivity contribution in [2.24, 2.45) is 0 Å². The van der Waals surface area contributed by atoms with Gasteiger partial charge in [0.2, 0.25) is 0 Å². The van der Waals surface area contributed by atoms with Crippen molar-refractivity contribution in [3.63, 3.8) is 0 Å². The molecule has 0 radical (unpaired) electrons. The molecule has 1 rings (SSSR count). The Morgan fingerprint density at radius 1 is 1.33 bits per heavy atom. The molecule has 0 amide bonds. The second kappa shape index (κ2) is 7.88. The van der Waals surface area contributed by atoms with E-state index in [1.165, 1.54) is 12.0 Å². The molecular weight excluding hydrogens is 299 g/mol. The van der Waals surface area contributed by atoms with Crippen LogP contribution in [-0.2, 0) is 4.74 Å². The third-order valence-electron chi connectivity index (χ3n) is 2.10. The number of hydrogen-bond donors (Lipinski definition) is 0. The van der Waals surface area contributed by atoms with Crippen molar-refractivity contribution in [3.8, 4) is 0 Å². The largest absolute Gasteiger partial charge is 0.384 e. The predicted molar refractivity (Wildman–Crippen MR) is 74.4 cm³/mol. The van der Waals surface area contributed by atoms with Crippen LogP contribution in [0, 0.1) is 0 Å². The Balaban J connectivity index is 2.23. The van der Waals surface area contributed by atoms with E-state index in [2.05, 4.69) is 59.0 Å². The van der Waals surface area contributed by atoms with Gasteiger partial charge >= 0.3 is 0 Å². The second-order valence-electron chi connectivity index (χ2n) is 3.44. The van der Waals surface area contributed by atoms with Crippen molar-refractivity contribution in [1.82, 2.24) is 0 Å². The van der Waals surface area contributed by atoms with Crippen molar-refractivity contribution in [3.05, 3.63) is 42.0 Å². The molecule has 0 aliphatic heterocycles. The van der Waals surface area contributed by atoms with Crippen molar-refractivity contribution in [2.45, 2.75) is 16.8 Å². The van der Waals surface area contributed by atoms with Gasteiger partial charge in [0.25, 0.3) is 0 Å². The first-order chi connectivity index (χ1) is 7.33. The van der Waals surface area contributed by atoms with Crippen molar-refractivity contribution < 1.29 is 4.74 Å². The summed E-state index contributed by atoms with van der Waals surface area (Å²) in [4.78, 5) is 0. The lowest BCUT2D eigenvalue weighted by Gasteiger charge is -2.05. The molecular formula is C13H17IO. The molecule has 1 unspecified atom stereocenters. The minimum Gasteiger partial charge on any atom is -0.384 e. The Bertz CT molecular complexity index is 282. The number of benzene rings is 1.